The van der Waals surface area contributed by atoms with E-state index >= 15 is 0 Å². The van der Waals surface area contributed by atoms with Crippen LogP contribution in [0.1, 0.15) is 18.9 Å². The van der Waals surface area contributed by atoms with Gasteiger partial charge in [0, 0.05) is 29.9 Å². The van der Waals surface area contributed by atoms with E-state index in [0.29, 0.717) is 12.8 Å². The lowest BCUT2D eigenvalue weighted by Gasteiger charge is -2.15. The number of para-hydroxylation sites is 1. The first kappa shape index (κ1) is 14.1. The van der Waals surface area contributed by atoms with Crippen LogP contribution in [-0.4, -0.2) is 30.0 Å². The Bertz CT molecular complexity index is 618. The number of amides is 1. The SMILES string of the molecule is CCC(=O)NC(Cc1c[nH]c2ccccc12)C(=O)OC. The van der Waals surface area contributed by atoms with Crippen molar-refractivity contribution in [3.8, 4) is 0 Å². The molecule has 2 N–H and O–H groups in total. The van der Waals surface area contributed by atoms with Crippen molar-refractivity contribution in [3.05, 3.63) is 36.0 Å². The topological polar surface area (TPSA) is 71.2 Å². The smallest absolute Gasteiger partial charge is 0.328 e. The average Bonchev–Trinajstić information content (AvgIpc) is 2.89. The molecule has 0 aliphatic heterocycles. The second kappa shape index (κ2) is 6.23. The summed E-state index contributed by atoms with van der Waals surface area (Å²) in [7, 11) is 1.32. The standard InChI is InChI=1S/C15H18N2O3/c1-3-14(18)17-13(15(19)20-2)8-10-9-16-12-7-5-4-6-11(10)12/h4-7,9,13,16H,3,8H2,1-2H3,(H,17,18). The molecule has 0 saturated carbocycles. The molecule has 1 aromatic carbocycles. The Balaban J connectivity index is 2.22. The monoisotopic (exact) mass is 274 g/mol. The Labute approximate surface area is 117 Å². The summed E-state index contributed by atoms with van der Waals surface area (Å²) in [6, 6.07) is 7.18. The van der Waals surface area contributed by atoms with Crippen LogP contribution in [0.2, 0.25) is 0 Å². The number of hydrogen-bond acceptors (Lipinski definition) is 3. The van der Waals surface area contributed by atoms with E-state index in [1.807, 2.05) is 30.5 Å². The van der Waals surface area contributed by atoms with Gasteiger partial charge in [0.2, 0.25) is 5.91 Å². The number of fused-ring (bicyclic) bond motifs is 1. The van der Waals surface area contributed by atoms with Crippen LogP contribution < -0.4 is 5.32 Å². The van der Waals surface area contributed by atoms with E-state index in [9.17, 15) is 9.59 Å². The van der Waals surface area contributed by atoms with Crippen molar-refractivity contribution in [1.82, 2.24) is 10.3 Å². The molecule has 0 radical (unpaired) electrons. The van der Waals surface area contributed by atoms with Gasteiger partial charge in [-0.25, -0.2) is 4.79 Å². The van der Waals surface area contributed by atoms with Gasteiger partial charge in [0.25, 0.3) is 0 Å². The highest BCUT2D eigenvalue weighted by Crippen LogP contribution is 2.19. The number of aromatic amines is 1. The molecule has 2 aromatic rings. The van der Waals surface area contributed by atoms with Gasteiger partial charge in [0.05, 0.1) is 7.11 Å². The van der Waals surface area contributed by atoms with Crippen LogP contribution in [-0.2, 0) is 20.7 Å². The minimum atomic E-state index is -0.661. The Morgan fingerprint density at radius 2 is 2.10 bits per heavy atom. The molecule has 0 saturated heterocycles. The fourth-order valence-corrected chi connectivity index (χ4v) is 2.15. The highest BCUT2D eigenvalue weighted by Gasteiger charge is 2.22. The molecule has 1 unspecified atom stereocenters. The number of aromatic nitrogens is 1. The number of ether oxygens (including phenoxy) is 1. The summed E-state index contributed by atoms with van der Waals surface area (Å²) < 4.78 is 4.75. The lowest BCUT2D eigenvalue weighted by atomic mass is 10.0. The summed E-state index contributed by atoms with van der Waals surface area (Å²) in [6.07, 6.45) is 2.60. The molecule has 5 nitrogen and oxygen atoms in total. The number of rotatable bonds is 5. The van der Waals surface area contributed by atoms with E-state index in [1.54, 1.807) is 6.92 Å². The fourth-order valence-electron chi connectivity index (χ4n) is 2.15. The summed E-state index contributed by atoms with van der Waals surface area (Å²) in [5.74, 6) is -0.600. The third kappa shape index (κ3) is 2.99. The van der Waals surface area contributed by atoms with Crippen molar-refractivity contribution in [2.45, 2.75) is 25.8 Å². The van der Waals surface area contributed by atoms with E-state index in [1.165, 1.54) is 7.11 Å². The zero-order chi connectivity index (χ0) is 14.5. The van der Waals surface area contributed by atoms with Crippen molar-refractivity contribution >= 4 is 22.8 Å². The number of H-pyrrole nitrogens is 1. The van der Waals surface area contributed by atoms with Gasteiger partial charge in [-0.2, -0.15) is 0 Å². The van der Waals surface area contributed by atoms with Crippen LogP contribution in [0, 0.1) is 0 Å². The number of esters is 1. The fraction of sp³-hybridized carbons (Fsp3) is 0.333. The minimum Gasteiger partial charge on any atom is -0.467 e. The van der Waals surface area contributed by atoms with Crippen LogP contribution in [0.3, 0.4) is 0 Å². The Morgan fingerprint density at radius 3 is 2.80 bits per heavy atom. The van der Waals surface area contributed by atoms with Gasteiger partial charge in [0.15, 0.2) is 0 Å². The van der Waals surface area contributed by atoms with E-state index in [0.717, 1.165) is 16.5 Å². The van der Waals surface area contributed by atoms with Gasteiger partial charge >= 0.3 is 5.97 Å². The minimum absolute atomic E-state index is 0.166. The average molecular weight is 274 g/mol. The van der Waals surface area contributed by atoms with E-state index < -0.39 is 12.0 Å². The number of hydrogen-bond donors (Lipinski definition) is 2. The lowest BCUT2D eigenvalue weighted by Crippen LogP contribution is -2.42. The highest BCUT2D eigenvalue weighted by atomic mass is 16.5. The maximum absolute atomic E-state index is 11.8. The van der Waals surface area contributed by atoms with Crippen molar-refractivity contribution < 1.29 is 14.3 Å². The van der Waals surface area contributed by atoms with Gasteiger partial charge < -0.3 is 15.0 Å². The van der Waals surface area contributed by atoms with Crippen molar-refractivity contribution in [2.75, 3.05) is 7.11 Å². The molecule has 0 aliphatic rings. The molecular weight excluding hydrogens is 256 g/mol. The van der Waals surface area contributed by atoms with E-state index in [-0.39, 0.29) is 5.91 Å². The Kier molecular flexibility index (Phi) is 4.40. The third-order valence-corrected chi connectivity index (χ3v) is 3.24. The molecule has 0 bridgehead atoms. The van der Waals surface area contributed by atoms with Gasteiger partial charge in [0.1, 0.15) is 6.04 Å². The van der Waals surface area contributed by atoms with Crippen LogP contribution in [0.25, 0.3) is 10.9 Å². The molecule has 1 aromatic heterocycles. The number of methoxy groups -OCH3 is 1. The molecule has 1 atom stereocenters. The molecule has 1 amide bonds. The first-order chi connectivity index (χ1) is 9.65. The molecule has 0 aliphatic carbocycles. The van der Waals surface area contributed by atoms with Gasteiger partial charge in [-0.3, -0.25) is 4.79 Å². The number of nitrogens with one attached hydrogen (secondary N) is 2. The third-order valence-electron chi connectivity index (χ3n) is 3.24. The summed E-state index contributed by atoms with van der Waals surface area (Å²) >= 11 is 0. The van der Waals surface area contributed by atoms with Gasteiger partial charge in [-0.1, -0.05) is 25.1 Å². The molecule has 0 fully saturated rings. The molecule has 20 heavy (non-hydrogen) atoms. The lowest BCUT2D eigenvalue weighted by molar-refractivity contribution is -0.145. The molecule has 5 heteroatoms. The van der Waals surface area contributed by atoms with Crippen LogP contribution in [0.4, 0.5) is 0 Å². The van der Waals surface area contributed by atoms with E-state index in [4.69, 9.17) is 4.74 Å². The first-order valence-corrected chi connectivity index (χ1v) is 6.58. The van der Waals surface area contributed by atoms with Gasteiger partial charge in [-0.05, 0) is 11.6 Å². The molecule has 106 valence electrons. The predicted molar refractivity (Wildman–Crippen MR) is 76.2 cm³/mol. The zero-order valence-electron chi connectivity index (χ0n) is 11.6. The Hall–Kier alpha value is -2.30. The largest absolute Gasteiger partial charge is 0.467 e. The normalized spacial score (nSPS) is 12.1. The predicted octanol–water partition coefficient (Wildman–Crippen LogP) is 1.78. The van der Waals surface area contributed by atoms with Crippen molar-refractivity contribution in [1.29, 1.82) is 0 Å². The summed E-state index contributed by atoms with van der Waals surface area (Å²) in [5.41, 5.74) is 1.99. The highest BCUT2D eigenvalue weighted by molar-refractivity contribution is 5.87. The second-order valence-electron chi connectivity index (χ2n) is 4.56. The van der Waals surface area contributed by atoms with Gasteiger partial charge in [-0.15, -0.1) is 0 Å². The van der Waals surface area contributed by atoms with Crippen molar-refractivity contribution in [3.63, 3.8) is 0 Å². The molecular formula is C15H18N2O3. The first-order valence-electron chi connectivity index (χ1n) is 6.58. The quantitative estimate of drug-likeness (QED) is 0.816. The maximum atomic E-state index is 11.8. The number of carbonyl (C=O) groups is 2. The maximum Gasteiger partial charge on any atom is 0.328 e. The number of carbonyl (C=O) groups excluding carboxylic acids is 2. The van der Waals surface area contributed by atoms with Crippen molar-refractivity contribution in [2.24, 2.45) is 0 Å². The van der Waals surface area contributed by atoms with Crippen LogP contribution >= 0.6 is 0 Å². The Morgan fingerprint density at radius 1 is 1.35 bits per heavy atom. The molecule has 1 heterocycles. The summed E-state index contributed by atoms with van der Waals surface area (Å²) in [5, 5.41) is 3.74. The van der Waals surface area contributed by atoms with Crippen LogP contribution in [0.5, 0.6) is 0 Å². The molecule has 2 rings (SSSR count). The van der Waals surface area contributed by atoms with Crippen LogP contribution in [0.15, 0.2) is 30.5 Å². The zero-order valence-corrected chi connectivity index (χ0v) is 11.6. The second-order valence-corrected chi connectivity index (χ2v) is 4.56. The summed E-state index contributed by atoms with van der Waals surface area (Å²) in [6.45, 7) is 1.75. The molecule has 0 spiro atoms. The summed E-state index contributed by atoms with van der Waals surface area (Å²) in [4.78, 5) is 26.4. The van der Waals surface area contributed by atoms with E-state index in [2.05, 4.69) is 10.3 Å². The number of benzene rings is 1.